The molecule has 0 unspecified atom stereocenters. The predicted molar refractivity (Wildman–Crippen MR) is 74.8 cm³/mol. The quantitative estimate of drug-likeness (QED) is 0.712. The molecule has 0 aromatic rings. The van der Waals surface area contributed by atoms with E-state index in [0.717, 1.165) is 32.2 Å². The van der Waals surface area contributed by atoms with Crippen molar-refractivity contribution in [1.82, 2.24) is 4.90 Å². The van der Waals surface area contributed by atoms with Gasteiger partial charge in [0.25, 0.3) is 0 Å². The molecule has 0 aromatic carbocycles. The summed E-state index contributed by atoms with van der Waals surface area (Å²) in [6, 6.07) is 0. The zero-order chi connectivity index (χ0) is 14.1. The third-order valence-electron chi connectivity index (χ3n) is 3.97. The summed E-state index contributed by atoms with van der Waals surface area (Å²) in [6.45, 7) is 3.20. The Morgan fingerprint density at radius 1 is 1.11 bits per heavy atom. The highest BCUT2D eigenvalue weighted by atomic mass is 16.5. The monoisotopic (exact) mass is 272 g/mol. The summed E-state index contributed by atoms with van der Waals surface area (Å²) in [7, 11) is 3.32. The fraction of sp³-hybridized carbons (Fsp3) is 0.929. The molecule has 112 valence electrons. The molecule has 2 N–H and O–H groups in total. The van der Waals surface area contributed by atoms with Crippen LogP contribution in [0.4, 0.5) is 0 Å². The van der Waals surface area contributed by atoms with Gasteiger partial charge in [0.15, 0.2) is 0 Å². The maximum Gasteiger partial charge on any atom is 0.225 e. The van der Waals surface area contributed by atoms with E-state index in [0.29, 0.717) is 32.2 Å². The zero-order valence-electron chi connectivity index (χ0n) is 12.3. The van der Waals surface area contributed by atoms with Gasteiger partial charge < -0.3 is 20.1 Å². The van der Waals surface area contributed by atoms with E-state index in [1.165, 1.54) is 0 Å². The summed E-state index contributed by atoms with van der Waals surface area (Å²) in [5.74, 6) is 1.02. The molecule has 0 heterocycles. The second-order valence-corrected chi connectivity index (χ2v) is 5.26. The molecular weight excluding hydrogens is 244 g/mol. The van der Waals surface area contributed by atoms with Gasteiger partial charge in [-0.2, -0.15) is 0 Å². The molecule has 19 heavy (non-hydrogen) atoms. The SMILES string of the molecule is COCCN(CCOC)C(=O)C1CCC(CN)CC1. The molecular formula is C14H28N2O3. The van der Waals surface area contributed by atoms with Gasteiger partial charge in [-0.25, -0.2) is 0 Å². The summed E-state index contributed by atoms with van der Waals surface area (Å²) in [4.78, 5) is 14.4. The van der Waals surface area contributed by atoms with Crippen molar-refractivity contribution in [2.24, 2.45) is 17.6 Å². The largest absolute Gasteiger partial charge is 0.383 e. The number of hydrogen-bond donors (Lipinski definition) is 1. The van der Waals surface area contributed by atoms with Crippen molar-refractivity contribution in [3.05, 3.63) is 0 Å². The third kappa shape index (κ3) is 5.47. The van der Waals surface area contributed by atoms with Crippen LogP contribution in [0.3, 0.4) is 0 Å². The first-order valence-corrected chi connectivity index (χ1v) is 7.19. The first-order chi connectivity index (χ1) is 9.22. The lowest BCUT2D eigenvalue weighted by Crippen LogP contribution is -2.41. The van der Waals surface area contributed by atoms with Crippen LogP contribution in [0.5, 0.6) is 0 Å². The van der Waals surface area contributed by atoms with E-state index < -0.39 is 0 Å². The molecule has 0 aliphatic heterocycles. The highest BCUT2D eigenvalue weighted by molar-refractivity contribution is 5.78. The minimum absolute atomic E-state index is 0.163. The molecule has 0 aromatic heterocycles. The number of carbonyl (C=O) groups is 1. The zero-order valence-corrected chi connectivity index (χ0v) is 12.3. The fourth-order valence-corrected chi connectivity index (χ4v) is 2.64. The second kappa shape index (κ2) is 9.28. The van der Waals surface area contributed by atoms with E-state index >= 15 is 0 Å². The molecule has 0 radical (unpaired) electrons. The van der Waals surface area contributed by atoms with E-state index in [1.807, 2.05) is 4.90 Å². The van der Waals surface area contributed by atoms with Crippen molar-refractivity contribution in [2.45, 2.75) is 25.7 Å². The summed E-state index contributed by atoms with van der Waals surface area (Å²) < 4.78 is 10.1. The van der Waals surface area contributed by atoms with E-state index in [2.05, 4.69) is 0 Å². The lowest BCUT2D eigenvalue weighted by molar-refractivity contribution is -0.138. The Kier molecular flexibility index (Phi) is 8.02. The van der Waals surface area contributed by atoms with Crippen LogP contribution in [0.15, 0.2) is 0 Å². The second-order valence-electron chi connectivity index (χ2n) is 5.26. The molecule has 0 spiro atoms. The summed E-state index contributed by atoms with van der Waals surface area (Å²) in [5.41, 5.74) is 5.69. The Balaban J connectivity index is 2.45. The number of nitrogens with two attached hydrogens (primary N) is 1. The molecule has 0 atom stereocenters. The van der Waals surface area contributed by atoms with E-state index in [1.54, 1.807) is 14.2 Å². The van der Waals surface area contributed by atoms with Crippen LogP contribution >= 0.6 is 0 Å². The summed E-state index contributed by atoms with van der Waals surface area (Å²) in [6.07, 6.45) is 4.10. The van der Waals surface area contributed by atoms with Gasteiger partial charge in [-0.15, -0.1) is 0 Å². The molecule has 1 fully saturated rings. The standard InChI is InChI=1S/C14H28N2O3/c1-18-9-7-16(8-10-19-2)14(17)13-5-3-12(11-15)4-6-13/h12-13H,3-11,15H2,1-2H3. The number of ether oxygens (including phenoxy) is 2. The predicted octanol–water partition coefficient (Wildman–Crippen LogP) is 0.873. The smallest absolute Gasteiger partial charge is 0.225 e. The van der Waals surface area contributed by atoms with Crippen molar-refractivity contribution in [2.75, 3.05) is 47.1 Å². The van der Waals surface area contributed by atoms with Crippen LogP contribution in [0.1, 0.15) is 25.7 Å². The maximum absolute atomic E-state index is 12.5. The first kappa shape index (κ1) is 16.4. The van der Waals surface area contributed by atoms with Gasteiger partial charge in [0.2, 0.25) is 5.91 Å². The van der Waals surface area contributed by atoms with Gasteiger partial charge in [-0.1, -0.05) is 0 Å². The van der Waals surface area contributed by atoms with Crippen LogP contribution in [0.2, 0.25) is 0 Å². The average Bonchev–Trinajstić information content (AvgIpc) is 2.47. The first-order valence-electron chi connectivity index (χ1n) is 7.19. The van der Waals surface area contributed by atoms with E-state index in [9.17, 15) is 4.79 Å². The Hall–Kier alpha value is -0.650. The van der Waals surface area contributed by atoms with Crippen molar-refractivity contribution in [3.63, 3.8) is 0 Å². The molecule has 1 rings (SSSR count). The van der Waals surface area contributed by atoms with Crippen LogP contribution in [-0.2, 0) is 14.3 Å². The topological polar surface area (TPSA) is 64.8 Å². The van der Waals surface area contributed by atoms with Gasteiger partial charge in [-0.05, 0) is 38.1 Å². The van der Waals surface area contributed by atoms with Crippen LogP contribution < -0.4 is 5.73 Å². The molecule has 1 saturated carbocycles. The van der Waals surface area contributed by atoms with Gasteiger partial charge in [-0.3, -0.25) is 4.79 Å². The number of carbonyl (C=O) groups excluding carboxylic acids is 1. The van der Waals surface area contributed by atoms with Crippen molar-refractivity contribution >= 4 is 5.91 Å². The summed E-state index contributed by atoms with van der Waals surface area (Å²) >= 11 is 0. The van der Waals surface area contributed by atoms with Gasteiger partial charge in [0, 0.05) is 33.2 Å². The molecule has 0 bridgehead atoms. The van der Waals surface area contributed by atoms with Crippen molar-refractivity contribution < 1.29 is 14.3 Å². The van der Waals surface area contributed by atoms with Crippen LogP contribution in [-0.4, -0.2) is 57.9 Å². The minimum Gasteiger partial charge on any atom is -0.383 e. The van der Waals surface area contributed by atoms with E-state index in [-0.39, 0.29) is 11.8 Å². The number of hydrogen-bond acceptors (Lipinski definition) is 4. The van der Waals surface area contributed by atoms with Crippen LogP contribution in [0, 0.1) is 11.8 Å². The lowest BCUT2D eigenvalue weighted by Gasteiger charge is -2.31. The van der Waals surface area contributed by atoms with Gasteiger partial charge >= 0.3 is 0 Å². The molecule has 0 saturated heterocycles. The lowest BCUT2D eigenvalue weighted by atomic mass is 9.81. The van der Waals surface area contributed by atoms with Crippen molar-refractivity contribution in [3.8, 4) is 0 Å². The molecule has 1 amide bonds. The third-order valence-corrected chi connectivity index (χ3v) is 3.97. The normalized spacial score (nSPS) is 23.3. The summed E-state index contributed by atoms with van der Waals surface area (Å²) in [5, 5.41) is 0. The fourth-order valence-electron chi connectivity index (χ4n) is 2.64. The Morgan fingerprint density at radius 3 is 2.05 bits per heavy atom. The van der Waals surface area contributed by atoms with Crippen LogP contribution in [0.25, 0.3) is 0 Å². The molecule has 5 heteroatoms. The number of amides is 1. The Morgan fingerprint density at radius 2 is 1.63 bits per heavy atom. The Labute approximate surface area is 116 Å². The minimum atomic E-state index is 0.163. The Bertz CT molecular complexity index is 245. The van der Waals surface area contributed by atoms with Gasteiger partial charge in [0.1, 0.15) is 0 Å². The molecule has 1 aliphatic rings. The highest BCUT2D eigenvalue weighted by Gasteiger charge is 2.28. The number of methoxy groups -OCH3 is 2. The number of nitrogens with zero attached hydrogens (tertiary/aromatic N) is 1. The van der Waals surface area contributed by atoms with Gasteiger partial charge in [0.05, 0.1) is 13.2 Å². The average molecular weight is 272 g/mol. The molecule has 1 aliphatic carbocycles. The van der Waals surface area contributed by atoms with Crippen molar-refractivity contribution in [1.29, 1.82) is 0 Å². The molecule has 5 nitrogen and oxygen atoms in total. The maximum atomic E-state index is 12.5. The van der Waals surface area contributed by atoms with E-state index in [4.69, 9.17) is 15.2 Å². The highest BCUT2D eigenvalue weighted by Crippen LogP contribution is 2.29. The number of rotatable bonds is 8.